The minimum Gasteiger partial charge on any atom is -0.455 e. The second kappa shape index (κ2) is 6.20. The molecule has 0 unspecified atom stereocenters. The zero-order valence-electron chi connectivity index (χ0n) is 21.8. The lowest BCUT2D eigenvalue weighted by Gasteiger charge is -2.41. The summed E-state index contributed by atoms with van der Waals surface area (Å²) < 4.78 is 31.9. The first-order valence-corrected chi connectivity index (χ1v) is 10.8. The topological polar surface area (TPSA) is 17.0 Å². The van der Waals surface area contributed by atoms with Crippen LogP contribution >= 0.6 is 0 Å². The lowest BCUT2D eigenvalue weighted by atomic mass is 9.63. The van der Waals surface area contributed by atoms with Gasteiger partial charge in [0.25, 0.3) is 0 Å². The third kappa shape index (κ3) is 2.66. The number of fused-ring (bicyclic) bond motifs is 5. The van der Waals surface area contributed by atoms with Gasteiger partial charge < -0.3 is 4.42 Å². The van der Waals surface area contributed by atoms with Crippen molar-refractivity contribution in [3.05, 3.63) is 64.8 Å². The Morgan fingerprint density at radius 1 is 0.900 bits per heavy atom. The first-order valence-electron chi connectivity index (χ1n) is 12.3. The van der Waals surface area contributed by atoms with Gasteiger partial charge in [0.2, 0.25) is 5.69 Å². The highest BCUT2D eigenvalue weighted by atomic mass is 16.3. The molecule has 1 aliphatic rings. The summed E-state index contributed by atoms with van der Waals surface area (Å²) in [6.45, 7) is 9.27. The van der Waals surface area contributed by atoms with Crippen LogP contribution in [0.5, 0.6) is 0 Å². The molecule has 2 aromatic heterocycles. The average Bonchev–Trinajstić information content (AvgIpc) is 3.09. The number of aromatic nitrogens is 1. The van der Waals surface area contributed by atoms with Crippen molar-refractivity contribution in [1.82, 2.24) is 0 Å². The lowest BCUT2D eigenvalue weighted by Crippen LogP contribution is -2.33. The number of nitrogens with zero attached hydrogens (tertiary/aromatic N) is 1. The molecule has 0 N–H and O–H groups in total. The average molecular weight is 402 g/mol. The number of hydrogen-bond acceptors (Lipinski definition) is 1. The molecule has 2 nitrogen and oxygen atoms in total. The van der Waals surface area contributed by atoms with E-state index in [2.05, 4.69) is 58.9 Å². The molecule has 154 valence electrons. The number of rotatable bonds is 1. The fourth-order valence-electron chi connectivity index (χ4n) is 5.31. The van der Waals surface area contributed by atoms with Gasteiger partial charge in [0.1, 0.15) is 18.2 Å². The van der Waals surface area contributed by atoms with Crippen molar-refractivity contribution >= 4 is 21.9 Å². The Labute approximate surface area is 183 Å². The monoisotopic (exact) mass is 401 g/mol. The number of pyridine rings is 1. The van der Waals surface area contributed by atoms with E-state index in [1.54, 1.807) is 12.3 Å². The summed E-state index contributed by atoms with van der Waals surface area (Å²) >= 11 is 0. The van der Waals surface area contributed by atoms with E-state index >= 15 is 0 Å². The third-order valence-corrected chi connectivity index (χ3v) is 7.19. The smallest absolute Gasteiger partial charge is 0.216 e. The van der Waals surface area contributed by atoms with E-state index in [0.717, 1.165) is 51.6 Å². The van der Waals surface area contributed by atoms with E-state index in [-0.39, 0.29) is 10.8 Å². The summed E-state index contributed by atoms with van der Waals surface area (Å²) in [7, 11) is 1.90. The molecular weight excluding hydrogens is 366 g/mol. The number of benzene rings is 2. The lowest BCUT2D eigenvalue weighted by molar-refractivity contribution is -0.660. The molecule has 0 spiro atoms. The standard InChI is InChI=1S/C28H32NO/c1-17-8-13-22(29(7)16-17)23-18(2)9-10-19-20-11-12-21-24(26(20)30-25(19)23)28(5,6)15-14-27(21,3)4/h8-13,16H,14-15H2,1-7H3/q+1/i1D3. The van der Waals surface area contributed by atoms with Gasteiger partial charge in [-0.1, -0.05) is 52.0 Å². The van der Waals surface area contributed by atoms with Gasteiger partial charge in [0.05, 0.1) is 5.56 Å². The van der Waals surface area contributed by atoms with Crippen LogP contribution in [0.15, 0.2) is 47.0 Å². The largest absolute Gasteiger partial charge is 0.455 e. The van der Waals surface area contributed by atoms with Crippen LogP contribution in [0.1, 0.15) is 66.9 Å². The van der Waals surface area contributed by atoms with Crippen molar-refractivity contribution in [2.24, 2.45) is 7.05 Å². The normalized spacial score (nSPS) is 19.3. The van der Waals surface area contributed by atoms with Crippen LogP contribution in [-0.2, 0) is 17.9 Å². The number of hydrogen-bond donors (Lipinski definition) is 0. The molecule has 0 amide bonds. The second-order valence-corrected chi connectivity index (χ2v) is 10.3. The Bertz CT molecular complexity index is 1420. The zero-order chi connectivity index (χ0) is 23.9. The zero-order valence-corrected chi connectivity index (χ0v) is 18.8. The predicted octanol–water partition coefficient (Wildman–Crippen LogP) is 7.04. The summed E-state index contributed by atoms with van der Waals surface area (Å²) in [5.41, 5.74) is 8.14. The molecule has 2 heterocycles. The van der Waals surface area contributed by atoms with Crippen LogP contribution in [0.4, 0.5) is 0 Å². The Morgan fingerprint density at radius 3 is 2.33 bits per heavy atom. The van der Waals surface area contributed by atoms with E-state index < -0.39 is 6.85 Å². The molecule has 30 heavy (non-hydrogen) atoms. The van der Waals surface area contributed by atoms with Crippen molar-refractivity contribution in [1.29, 1.82) is 0 Å². The van der Waals surface area contributed by atoms with Gasteiger partial charge in [-0.05, 0) is 54.6 Å². The van der Waals surface area contributed by atoms with E-state index in [1.807, 2.05) is 17.7 Å². The highest BCUT2D eigenvalue weighted by Crippen LogP contribution is 2.50. The number of aryl methyl sites for hydroxylation is 3. The molecule has 5 rings (SSSR count). The molecule has 0 saturated heterocycles. The SMILES string of the molecule is [2H]C([2H])([2H])c1ccc(-c2c(C)ccc3c2oc2c4c(ccc23)C(C)(C)CCC4(C)C)[n+](C)c1. The predicted molar refractivity (Wildman–Crippen MR) is 125 cm³/mol. The fourth-order valence-corrected chi connectivity index (χ4v) is 5.31. The van der Waals surface area contributed by atoms with Gasteiger partial charge in [-0.25, -0.2) is 4.57 Å². The Balaban J connectivity index is 1.84. The van der Waals surface area contributed by atoms with E-state index in [9.17, 15) is 0 Å². The van der Waals surface area contributed by atoms with E-state index in [0.29, 0.717) is 5.56 Å². The molecule has 0 atom stereocenters. The molecule has 0 saturated carbocycles. The maximum atomic E-state index is 7.75. The van der Waals surface area contributed by atoms with Crippen molar-refractivity contribution in [2.75, 3.05) is 0 Å². The molecular formula is C28H32NO+. The van der Waals surface area contributed by atoms with Crippen molar-refractivity contribution in [3.8, 4) is 11.3 Å². The van der Waals surface area contributed by atoms with E-state index in [4.69, 9.17) is 8.53 Å². The molecule has 0 radical (unpaired) electrons. The summed E-state index contributed by atoms with van der Waals surface area (Å²) in [4.78, 5) is 0. The molecule has 1 aliphatic carbocycles. The summed E-state index contributed by atoms with van der Waals surface area (Å²) in [6, 6.07) is 12.4. The third-order valence-electron chi connectivity index (χ3n) is 7.19. The van der Waals surface area contributed by atoms with Gasteiger partial charge in [-0.3, -0.25) is 0 Å². The van der Waals surface area contributed by atoms with Gasteiger partial charge in [0.15, 0.2) is 6.20 Å². The van der Waals surface area contributed by atoms with Crippen molar-refractivity contribution in [2.45, 2.75) is 65.1 Å². The first-order chi connectivity index (χ1) is 15.3. The summed E-state index contributed by atoms with van der Waals surface area (Å²) in [5, 5.41) is 2.25. The van der Waals surface area contributed by atoms with Crippen LogP contribution in [0.3, 0.4) is 0 Å². The van der Waals surface area contributed by atoms with Gasteiger partial charge in [-0.15, -0.1) is 0 Å². The highest BCUT2D eigenvalue weighted by molar-refractivity contribution is 6.11. The first kappa shape index (κ1) is 16.1. The Morgan fingerprint density at radius 2 is 1.60 bits per heavy atom. The Hall–Kier alpha value is -2.61. The van der Waals surface area contributed by atoms with Crippen molar-refractivity contribution in [3.63, 3.8) is 0 Å². The second-order valence-electron chi connectivity index (χ2n) is 10.3. The molecule has 0 fully saturated rings. The van der Waals surface area contributed by atoms with Crippen molar-refractivity contribution < 1.29 is 13.1 Å². The van der Waals surface area contributed by atoms with Crippen LogP contribution in [0.25, 0.3) is 33.2 Å². The van der Waals surface area contributed by atoms with Gasteiger partial charge in [-0.2, -0.15) is 0 Å². The minimum absolute atomic E-state index is 0.0411. The molecule has 2 aromatic carbocycles. The quantitative estimate of drug-likeness (QED) is 0.313. The van der Waals surface area contributed by atoms with Crippen LogP contribution in [0.2, 0.25) is 0 Å². The molecule has 2 heteroatoms. The molecule has 0 aliphatic heterocycles. The fraction of sp³-hybridized carbons (Fsp3) is 0.393. The maximum absolute atomic E-state index is 7.75. The molecule has 4 aromatic rings. The molecule has 0 bridgehead atoms. The highest BCUT2D eigenvalue weighted by Gasteiger charge is 2.39. The van der Waals surface area contributed by atoms with Crippen LogP contribution < -0.4 is 4.57 Å². The van der Waals surface area contributed by atoms with Crippen LogP contribution in [-0.4, -0.2) is 0 Å². The van der Waals surface area contributed by atoms with Gasteiger partial charge >= 0.3 is 0 Å². The summed E-state index contributed by atoms with van der Waals surface area (Å²) in [5.74, 6) is 0. The minimum atomic E-state index is -2.13. The van der Waals surface area contributed by atoms with E-state index in [1.165, 1.54) is 11.1 Å². The summed E-state index contributed by atoms with van der Waals surface area (Å²) in [6.07, 6.45) is 3.99. The number of furan rings is 1. The van der Waals surface area contributed by atoms with Gasteiger partial charge in [0, 0.05) is 32.1 Å². The van der Waals surface area contributed by atoms with Crippen LogP contribution in [0, 0.1) is 13.8 Å². The maximum Gasteiger partial charge on any atom is 0.216 e. The Kier molecular flexibility index (Phi) is 3.33.